The number of para-hydroxylation sites is 1. The van der Waals surface area contributed by atoms with Crippen LogP contribution in [0.5, 0.6) is 0 Å². The van der Waals surface area contributed by atoms with E-state index in [0.717, 1.165) is 60.0 Å². The fourth-order valence-corrected chi connectivity index (χ4v) is 4.68. The number of hydrogen-bond donors (Lipinski definition) is 2. The highest BCUT2D eigenvalue weighted by molar-refractivity contribution is 5.96. The molecule has 7 nitrogen and oxygen atoms in total. The number of nitrogens with one attached hydrogen (secondary N) is 1. The quantitative estimate of drug-likeness (QED) is 0.608. The van der Waals surface area contributed by atoms with E-state index in [0.29, 0.717) is 12.1 Å². The van der Waals surface area contributed by atoms with Crippen molar-refractivity contribution in [2.75, 3.05) is 18.0 Å². The van der Waals surface area contributed by atoms with Gasteiger partial charge in [0.15, 0.2) is 0 Å². The Morgan fingerprint density at radius 1 is 1.09 bits per heavy atom. The molecular weight excluding hydrogens is 414 g/mol. The first-order valence-corrected chi connectivity index (χ1v) is 11.4. The van der Waals surface area contributed by atoms with Gasteiger partial charge in [-0.25, -0.2) is 4.98 Å². The molecule has 0 radical (unpaired) electrons. The monoisotopic (exact) mass is 445 g/mol. The van der Waals surface area contributed by atoms with Crippen molar-refractivity contribution in [3.63, 3.8) is 0 Å². The number of nitrogens with two attached hydrogens (primary N) is 1. The summed E-state index contributed by atoms with van der Waals surface area (Å²) < 4.78 is 2.13. The molecule has 7 heteroatoms. The lowest BCUT2D eigenvalue weighted by molar-refractivity contribution is -0.122. The number of carbonyl (C=O) groups excluding carboxylic acids is 2. The second-order valence-electron chi connectivity index (χ2n) is 8.74. The molecule has 2 amide bonds. The summed E-state index contributed by atoms with van der Waals surface area (Å²) in [6.45, 7) is 7.90. The molecule has 0 unspecified atom stereocenters. The molecule has 0 atom stereocenters. The van der Waals surface area contributed by atoms with Gasteiger partial charge in [0.05, 0.1) is 5.56 Å². The van der Waals surface area contributed by atoms with Gasteiger partial charge in [-0.15, -0.1) is 0 Å². The van der Waals surface area contributed by atoms with Crippen LogP contribution in [0.2, 0.25) is 0 Å². The highest BCUT2D eigenvalue weighted by Gasteiger charge is 2.25. The number of primary amides is 1. The molecule has 4 rings (SSSR count). The minimum Gasteiger partial charge on any atom is -0.369 e. The fraction of sp³-hybridized carbons (Fsp3) is 0.346. The number of rotatable bonds is 6. The zero-order valence-electron chi connectivity index (χ0n) is 19.5. The second-order valence-corrected chi connectivity index (χ2v) is 8.74. The Bertz CT molecular complexity index is 1180. The summed E-state index contributed by atoms with van der Waals surface area (Å²) >= 11 is 0. The van der Waals surface area contributed by atoms with Crippen LogP contribution in [0.3, 0.4) is 0 Å². The van der Waals surface area contributed by atoms with Crippen LogP contribution in [0.15, 0.2) is 48.7 Å². The summed E-state index contributed by atoms with van der Waals surface area (Å²) in [5, 5.41) is 3.08. The summed E-state index contributed by atoms with van der Waals surface area (Å²) in [6.07, 6.45) is 3.21. The van der Waals surface area contributed by atoms with Gasteiger partial charge in [-0.2, -0.15) is 0 Å². The minimum absolute atomic E-state index is 0.0726. The lowest BCUT2D eigenvalue weighted by atomic mass is 9.96. The summed E-state index contributed by atoms with van der Waals surface area (Å²) in [7, 11) is 0. The van der Waals surface area contributed by atoms with Gasteiger partial charge in [-0.1, -0.05) is 24.3 Å². The number of hydrogen-bond acceptors (Lipinski definition) is 4. The Morgan fingerprint density at radius 3 is 2.52 bits per heavy atom. The molecular formula is C26H31N5O2. The SMILES string of the molecule is Cc1ccccc1-n1c(C)cc(C(=O)NCc2cccnc2N2CCC(C(N)=O)CC2)c1C. The molecule has 0 aliphatic carbocycles. The van der Waals surface area contributed by atoms with E-state index in [-0.39, 0.29) is 17.7 Å². The molecule has 33 heavy (non-hydrogen) atoms. The number of carbonyl (C=O) groups is 2. The van der Waals surface area contributed by atoms with E-state index in [9.17, 15) is 9.59 Å². The van der Waals surface area contributed by atoms with E-state index in [2.05, 4.69) is 38.8 Å². The number of pyridine rings is 1. The van der Waals surface area contributed by atoms with Crippen molar-refractivity contribution in [3.05, 3.63) is 76.7 Å². The molecule has 3 heterocycles. The maximum atomic E-state index is 13.1. The van der Waals surface area contributed by atoms with E-state index < -0.39 is 0 Å². The van der Waals surface area contributed by atoms with E-state index in [1.54, 1.807) is 6.20 Å². The van der Waals surface area contributed by atoms with Crippen molar-refractivity contribution in [3.8, 4) is 5.69 Å². The van der Waals surface area contributed by atoms with Crippen molar-refractivity contribution in [1.29, 1.82) is 0 Å². The number of piperidine rings is 1. The normalized spacial score (nSPS) is 14.3. The fourth-order valence-electron chi connectivity index (χ4n) is 4.68. The Hall–Kier alpha value is -3.61. The van der Waals surface area contributed by atoms with E-state index in [1.807, 2.05) is 44.2 Å². The number of amides is 2. The Balaban J connectivity index is 1.49. The third-order valence-electron chi connectivity index (χ3n) is 6.54. The largest absolute Gasteiger partial charge is 0.369 e. The van der Waals surface area contributed by atoms with Gasteiger partial charge in [-0.3, -0.25) is 9.59 Å². The molecule has 1 aliphatic rings. The molecule has 1 saturated heterocycles. The Kier molecular flexibility index (Phi) is 6.49. The predicted molar refractivity (Wildman–Crippen MR) is 130 cm³/mol. The van der Waals surface area contributed by atoms with Gasteiger partial charge in [0, 0.05) is 54.4 Å². The standard InChI is InChI=1S/C26H31N5O2/c1-17-7-4-5-9-23(17)31-18(2)15-22(19(31)3)26(33)29-16-21-8-6-12-28-25(21)30-13-10-20(11-14-30)24(27)32/h4-9,12,15,20H,10-11,13-14,16H2,1-3H3,(H2,27,32)(H,29,33). The maximum Gasteiger partial charge on any atom is 0.253 e. The lowest BCUT2D eigenvalue weighted by Crippen LogP contribution is -2.39. The second kappa shape index (κ2) is 9.48. The van der Waals surface area contributed by atoms with E-state index in [1.165, 1.54) is 0 Å². The van der Waals surface area contributed by atoms with Crippen LogP contribution in [0.1, 0.15) is 45.7 Å². The zero-order valence-corrected chi connectivity index (χ0v) is 19.5. The van der Waals surface area contributed by atoms with Crippen molar-refractivity contribution in [2.24, 2.45) is 11.7 Å². The van der Waals surface area contributed by atoms with Crippen molar-refractivity contribution >= 4 is 17.6 Å². The van der Waals surface area contributed by atoms with Gasteiger partial charge < -0.3 is 20.5 Å². The highest BCUT2D eigenvalue weighted by Crippen LogP contribution is 2.26. The molecule has 3 aromatic rings. The van der Waals surface area contributed by atoms with Gasteiger partial charge in [0.25, 0.3) is 5.91 Å². The third kappa shape index (κ3) is 4.62. The van der Waals surface area contributed by atoms with Crippen molar-refractivity contribution in [1.82, 2.24) is 14.9 Å². The Labute approximate surface area is 194 Å². The predicted octanol–water partition coefficient (Wildman–Crippen LogP) is 3.43. The summed E-state index contributed by atoms with van der Waals surface area (Å²) in [5.41, 5.74) is 11.3. The molecule has 172 valence electrons. The van der Waals surface area contributed by atoms with Crippen LogP contribution in [0.4, 0.5) is 5.82 Å². The summed E-state index contributed by atoms with van der Waals surface area (Å²) in [5.74, 6) is 0.444. The average molecular weight is 446 g/mol. The van der Waals surface area contributed by atoms with Crippen molar-refractivity contribution < 1.29 is 9.59 Å². The highest BCUT2D eigenvalue weighted by atomic mass is 16.2. The summed E-state index contributed by atoms with van der Waals surface area (Å²) in [6, 6.07) is 14.0. The number of nitrogens with zero attached hydrogens (tertiary/aromatic N) is 3. The van der Waals surface area contributed by atoms with Crippen molar-refractivity contribution in [2.45, 2.75) is 40.2 Å². The first-order valence-electron chi connectivity index (χ1n) is 11.4. The van der Waals surface area contributed by atoms with Crippen LogP contribution in [-0.4, -0.2) is 34.5 Å². The average Bonchev–Trinajstić information content (AvgIpc) is 3.12. The molecule has 1 fully saturated rings. The van der Waals surface area contributed by atoms with Crippen LogP contribution < -0.4 is 16.0 Å². The molecule has 0 bridgehead atoms. The van der Waals surface area contributed by atoms with Crippen LogP contribution >= 0.6 is 0 Å². The lowest BCUT2D eigenvalue weighted by Gasteiger charge is -2.32. The molecule has 1 aliphatic heterocycles. The van der Waals surface area contributed by atoms with Crippen LogP contribution in [-0.2, 0) is 11.3 Å². The Morgan fingerprint density at radius 2 is 1.82 bits per heavy atom. The molecule has 0 saturated carbocycles. The smallest absolute Gasteiger partial charge is 0.253 e. The maximum absolute atomic E-state index is 13.1. The zero-order chi connectivity index (χ0) is 23.5. The van der Waals surface area contributed by atoms with Gasteiger partial charge in [-0.05, 0) is 57.4 Å². The molecule has 1 aromatic carbocycles. The number of aryl methyl sites for hydroxylation is 2. The van der Waals surface area contributed by atoms with E-state index in [4.69, 9.17) is 5.73 Å². The van der Waals surface area contributed by atoms with E-state index >= 15 is 0 Å². The molecule has 0 spiro atoms. The van der Waals surface area contributed by atoms with Gasteiger partial charge >= 0.3 is 0 Å². The topological polar surface area (TPSA) is 93.2 Å². The molecule has 3 N–H and O–H groups in total. The van der Waals surface area contributed by atoms with Crippen LogP contribution in [0.25, 0.3) is 5.69 Å². The first-order chi connectivity index (χ1) is 15.9. The van der Waals surface area contributed by atoms with Crippen LogP contribution in [0, 0.1) is 26.7 Å². The number of benzene rings is 1. The third-order valence-corrected chi connectivity index (χ3v) is 6.54. The molecule has 2 aromatic heterocycles. The number of aromatic nitrogens is 2. The first kappa shape index (κ1) is 22.6. The van der Waals surface area contributed by atoms with Gasteiger partial charge in [0.1, 0.15) is 5.82 Å². The number of anilines is 1. The summed E-state index contributed by atoms with van der Waals surface area (Å²) in [4.78, 5) is 31.3. The minimum atomic E-state index is -0.230. The van der Waals surface area contributed by atoms with Gasteiger partial charge in [0.2, 0.25) is 5.91 Å².